The molecule has 0 aromatic heterocycles. The van der Waals surface area contributed by atoms with Gasteiger partial charge in [-0.2, -0.15) is 0 Å². The van der Waals surface area contributed by atoms with Crippen LogP contribution in [-0.2, 0) is 23.5 Å². The van der Waals surface area contributed by atoms with E-state index in [-0.39, 0.29) is 25.0 Å². The van der Waals surface area contributed by atoms with Crippen molar-refractivity contribution in [1.29, 1.82) is 0 Å². The minimum atomic E-state index is -0.126. The summed E-state index contributed by atoms with van der Waals surface area (Å²) in [5.74, 6) is 0. The van der Waals surface area contributed by atoms with Crippen molar-refractivity contribution in [2.45, 2.75) is 18.5 Å². The zero-order valence-electron chi connectivity index (χ0n) is 8.73. The van der Waals surface area contributed by atoms with Gasteiger partial charge in [0.2, 0.25) is 0 Å². The zero-order chi connectivity index (χ0) is 9.42. The molecule has 1 aromatic carbocycles. The fourth-order valence-electron chi connectivity index (χ4n) is 2.35. The van der Waals surface area contributed by atoms with Crippen LogP contribution in [0, 0.1) is 0 Å². The van der Waals surface area contributed by atoms with Gasteiger partial charge < -0.3 is 0 Å². The Morgan fingerprint density at radius 1 is 1.36 bits per heavy atom. The number of hydrogen-bond donors (Lipinski definition) is 0. The first-order valence-electron chi connectivity index (χ1n) is 4.94. The third kappa shape index (κ3) is 2.27. The van der Waals surface area contributed by atoms with Crippen LogP contribution >= 0.6 is 7.92 Å². The van der Waals surface area contributed by atoms with E-state index in [9.17, 15) is 0 Å². The van der Waals surface area contributed by atoms with E-state index in [1.54, 1.807) is 15.5 Å². The molecule has 0 N–H and O–H groups in total. The molecular weight excluding hydrogens is 299 g/mol. The van der Waals surface area contributed by atoms with Crippen LogP contribution in [0.4, 0.5) is 0 Å². The van der Waals surface area contributed by atoms with Crippen molar-refractivity contribution in [2.24, 2.45) is 0 Å². The Bertz CT molecular complexity index is 325. The summed E-state index contributed by atoms with van der Waals surface area (Å²) in [6, 6.07) is 6.89. The summed E-state index contributed by atoms with van der Waals surface area (Å²) in [7, 11) is -0.126. The van der Waals surface area contributed by atoms with Gasteiger partial charge in [0.25, 0.3) is 0 Å². The second-order valence-corrected chi connectivity index (χ2v) is 8.61. The summed E-state index contributed by atoms with van der Waals surface area (Å²) >= 11 is 1.33. The predicted molar refractivity (Wildman–Crippen MR) is 65.8 cm³/mol. The van der Waals surface area contributed by atoms with Crippen LogP contribution in [0.25, 0.3) is 0 Å². The Morgan fingerprint density at radius 2 is 2.07 bits per heavy atom. The summed E-state index contributed by atoms with van der Waals surface area (Å²) in [6.45, 7) is 4.91. The van der Waals surface area contributed by atoms with E-state index in [2.05, 4.69) is 31.5 Å². The molecule has 3 heteroatoms. The Balaban J connectivity index is 0.000000980. The summed E-state index contributed by atoms with van der Waals surface area (Å²) in [5, 5.41) is 0. The van der Waals surface area contributed by atoms with Gasteiger partial charge in [-0.05, 0) is 0 Å². The Labute approximate surface area is 107 Å². The molecule has 0 saturated heterocycles. The summed E-state index contributed by atoms with van der Waals surface area (Å²) < 4.78 is 1.64. The van der Waals surface area contributed by atoms with Crippen LogP contribution in [0.5, 0.6) is 0 Å². The molecule has 0 nitrogen and oxygen atoms in total. The predicted octanol–water partition coefficient (Wildman–Crippen LogP) is 1.40. The topological polar surface area (TPSA) is 0 Å². The summed E-state index contributed by atoms with van der Waals surface area (Å²) in [6.07, 6.45) is 2.76. The van der Waals surface area contributed by atoms with Crippen LogP contribution in [0.1, 0.15) is 23.2 Å². The van der Waals surface area contributed by atoms with Crippen LogP contribution in [-0.4, -0.2) is 29.8 Å². The standard InChI is InChI=1S/C11H16GeP.Cu/c1-13(2)10-7-6-8-4-3-5-9(12)11(8)10;/h3-5,10H,6-7,12H2,1-2H3;/p+1. The Kier molecular flexibility index (Phi) is 4.72. The molecule has 0 fully saturated rings. The molecule has 14 heavy (non-hydrogen) atoms. The van der Waals surface area contributed by atoms with Crippen LogP contribution in [0.2, 0.25) is 0 Å². The quantitative estimate of drug-likeness (QED) is 0.543. The molecule has 1 aromatic rings. The molecule has 1 unspecified atom stereocenters. The van der Waals surface area contributed by atoms with Gasteiger partial charge in [0, 0.05) is 17.1 Å². The average Bonchev–Trinajstić information content (AvgIpc) is 2.49. The van der Waals surface area contributed by atoms with Crippen molar-refractivity contribution < 1.29 is 17.1 Å². The van der Waals surface area contributed by atoms with E-state index >= 15 is 0 Å². The van der Waals surface area contributed by atoms with Crippen LogP contribution in [0.3, 0.4) is 0 Å². The molecule has 1 atom stereocenters. The fourth-order valence-corrected chi connectivity index (χ4v) is 5.73. The minimum Gasteiger partial charge on any atom is 0 e. The fraction of sp³-hybridized carbons (Fsp3) is 0.455. The Morgan fingerprint density at radius 3 is 2.71 bits per heavy atom. The van der Waals surface area contributed by atoms with Crippen molar-refractivity contribution in [2.75, 3.05) is 13.3 Å². The summed E-state index contributed by atoms with van der Waals surface area (Å²) in [4.78, 5) is 0. The third-order valence-corrected chi connectivity index (χ3v) is 6.30. The van der Waals surface area contributed by atoms with Crippen LogP contribution in [0.15, 0.2) is 18.2 Å². The van der Waals surface area contributed by atoms with Crippen molar-refractivity contribution in [3.63, 3.8) is 0 Å². The zero-order valence-corrected chi connectivity index (χ0v) is 13.6. The second-order valence-electron chi connectivity index (χ2n) is 4.16. The molecule has 1 aliphatic rings. The first kappa shape index (κ1) is 12.8. The van der Waals surface area contributed by atoms with Gasteiger partial charge in [0.05, 0.1) is 0 Å². The van der Waals surface area contributed by atoms with Crippen molar-refractivity contribution in [3.8, 4) is 0 Å². The van der Waals surface area contributed by atoms with E-state index in [1.807, 2.05) is 0 Å². The second kappa shape index (κ2) is 5.17. The minimum absolute atomic E-state index is 0. The van der Waals surface area contributed by atoms with E-state index < -0.39 is 0 Å². The first-order chi connectivity index (χ1) is 6.20. The monoisotopic (exact) mass is 317 g/mol. The largest absolute Gasteiger partial charge is 0 e. The van der Waals surface area contributed by atoms with Gasteiger partial charge in [-0.3, -0.25) is 0 Å². The van der Waals surface area contributed by atoms with E-state index in [4.69, 9.17) is 0 Å². The summed E-state index contributed by atoms with van der Waals surface area (Å²) in [5.41, 5.74) is 4.35. The molecule has 80 valence electrons. The van der Waals surface area contributed by atoms with Crippen molar-refractivity contribution >= 4 is 28.8 Å². The number of aryl methyl sites for hydroxylation is 1. The van der Waals surface area contributed by atoms with Crippen molar-refractivity contribution in [1.82, 2.24) is 0 Å². The maximum Gasteiger partial charge on any atom is 0 e. The van der Waals surface area contributed by atoms with Crippen molar-refractivity contribution in [3.05, 3.63) is 29.3 Å². The molecule has 0 bridgehead atoms. The molecule has 1 aliphatic carbocycles. The molecule has 0 heterocycles. The molecule has 0 aliphatic heterocycles. The third-order valence-electron chi connectivity index (χ3n) is 3.03. The van der Waals surface area contributed by atoms with Gasteiger partial charge in [-0.25, -0.2) is 0 Å². The maximum atomic E-state index is 2.46. The number of hydrogen-bond acceptors (Lipinski definition) is 0. The number of fused-ring (bicyclic) bond motifs is 1. The maximum absolute atomic E-state index is 2.46. The molecular formula is C11H17CuGeP+. The molecule has 0 spiro atoms. The van der Waals surface area contributed by atoms with Gasteiger partial charge >= 0.3 is 90.0 Å². The Hall–Kier alpha value is 0.712. The average molecular weight is 316 g/mol. The van der Waals surface area contributed by atoms with E-state index in [0.29, 0.717) is 0 Å². The first-order valence-corrected chi connectivity index (χ1v) is 9.00. The number of rotatable bonds is 1. The number of benzene rings is 1. The molecule has 0 amide bonds. The van der Waals surface area contributed by atoms with E-state index in [0.717, 1.165) is 5.66 Å². The molecule has 2 rings (SSSR count). The molecule has 2 radical (unpaired) electrons. The van der Waals surface area contributed by atoms with Crippen LogP contribution < -0.4 is 4.40 Å². The van der Waals surface area contributed by atoms with Gasteiger partial charge in [0.1, 0.15) is 0 Å². The SMILES string of the molecule is C[PH+](C)C1CCc2ccc[c]([GeH2])c21.[Cu]. The van der Waals surface area contributed by atoms with Gasteiger partial charge in [-0.1, -0.05) is 0 Å². The van der Waals surface area contributed by atoms with E-state index in [1.165, 1.54) is 29.4 Å². The van der Waals surface area contributed by atoms with Gasteiger partial charge in [0.15, 0.2) is 0 Å². The van der Waals surface area contributed by atoms with Gasteiger partial charge in [-0.15, -0.1) is 0 Å². The molecule has 0 saturated carbocycles. The smallest absolute Gasteiger partial charge is 0 e. The normalized spacial score (nSPS) is 19.3.